The van der Waals surface area contributed by atoms with E-state index in [-0.39, 0.29) is 44.2 Å². The summed E-state index contributed by atoms with van der Waals surface area (Å²) in [7, 11) is -2.07. The standard InChI is InChI=1S/C28H32FN3O4S/c1-30-28(34)26(20-22-12-5-3-6-13-22)31(21-23-14-9-10-17-25(23)29)27(33)18-11-19-32(37(2,35)36)24-15-7-4-8-16-24/h3-10,12-17,26H,11,18-21H2,1-2H3,(H,30,34)/t26-/m0/s1. The molecule has 196 valence electrons. The van der Waals surface area contributed by atoms with Gasteiger partial charge < -0.3 is 10.2 Å². The molecule has 0 bridgehead atoms. The highest BCUT2D eigenvalue weighted by molar-refractivity contribution is 7.92. The molecular weight excluding hydrogens is 493 g/mol. The average molecular weight is 526 g/mol. The number of hydrogen-bond donors (Lipinski definition) is 1. The van der Waals surface area contributed by atoms with Gasteiger partial charge >= 0.3 is 0 Å². The number of hydrogen-bond acceptors (Lipinski definition) is 4. The van der Waals surface area contributed by atoms with Crippen molar-refractivity contribution in [2.75, 3.05) is 24.2 Å². The lowest BCUT2D eigenvalue weighted by Gasteiger charge is -2.31. The second kappa shape index (κ2) is 13.0. The zero-order valence-electron chi connectivity index (χ0n) is 21.0. The van der Waals surface area contributed by atoms with Crippen LogP contribution in [0.1, 0.15) is 24.0 Å². The second-order valence-corrected chi connectivity index (χ2v) is 10.6. The first kappa shape index (κ1) is 27.9. The molecule has 0 radical (unpaired) electrons. The Balaban J connectivity index is 1.84. The van der Waals surface area contributed by atoms with Gasteiger partial charge in [-0.3, -0.25) is 13.9 Å². The van der Waals surface area contributed by atoms with Crippen molar-refractivity contribution in [3.05, 3.63) is 102 Å². The molecule has 0 aromatic heterocycles. The third-order valence-corrected chi connectivity index (χ3v) is 7.21. The summed E-state index contributed by atoms with van der Waals surface area (Å²) >= 11 is 0. The Kier molecular flexibility index (Phi) is 9.79. The van der Waals surface area contributed by atoms with Crippen LogP contribution in [0.5, 0.6) is 0 Å². The molecule has 0 heterocycles. The molecule has 3 rings (SSSR count). The summed E-state index contributed by atoms with van der Waals surface area (Å²) in [6.45, 7) is -0.00362. The maximum atomic E-state index is 14.6. The van der Waals surface area contributed by atoms with Crippen LogP contribution in [-0.2, 0) is 32.6 Å². The van der Waals surface area contributed by atoms with Crippen LogP contribution in [0, 0.1) is 5.82 Å². The minimum atomic E-state index is -3.57. The van der Waals surface area contributed by atoms with E-state index in [4.69, 9.17) is 0 Å². The van der Waals surface area contributed by atoms with Gasteiger partial charge in [0.1, 0.15) is 11.9 Å². The summed E-state index contributed by atoms with van der Waals surface area (Å²) in [6.07, 6.45) is 1.57. The predicted octanol–water partition coefficient (Wildman–Crippen LogP) is 3.76. The highest BCUT2D eigenvalue weighted by Crippen LogP contribution is 2.20. The van der Waals surface area contributed by atoms with E-state index < -0.39 is 21.9 Å². The van der Waals surface area contributed by atoms with Crippen molar-refractivity contribution < 1.29 is 22.4 Å². The third-order valence-electron chi connectivity index (χ3n) is 6.01. The van der Waals surface area contributed by atoms with Gasteiger partial charge in [-0.05, 0) is 30.2 Å². The molecule has 0 unspecified atom stereocenters. The van der Waals surface area contributed by atoms with E-state index >= 15 is 0 Å². The number of nitrogens with one attached hydrogen (secondary N) is 1. The molecule has 7 nitrogen and oxygen atoms in total. The number of sulfonamides is 1. The van der Waals surface area contributed by atoms with Crippen LogP contribution in [0.3, 0.4) is 0 Å². The maximum absolute atomic E-state index is 14.6. The molecule has 9 heteroatoms. The molecule has 1 atom stereocenters. The van der Waals surface area contributed by atoms with E-state index in [9.17, 15) is 22.4 Å². The van der Waals surface area contributed by atoms with Crippen molar-refractivity contribution in [2.45, 2.75) is 31.8 Å². The van der Waals surface area contributed by atoms with E-state index in [2.05, 4.69) is 5.32 Å². The monoisotopic (exact) mass is 525 g/mol. The molecule has 0 aliphatic heterocycles. The Bertz CT molecular complexity index is 1290. The fourth-order valence-electron chi connectivity index (χ4n) is 4.13. The quantitative estimate of drug-likeness (QED) is 0.390. The van der Waals surface area contributed by atoms with Gasteiger partial charge in [0, 0.05) is 38.5 Å². The van der Waals surface area contributed by atoms with Gasteiger partial charge in [0.15, 0.2) is 0 Å². The Morgan fingerprint density at radius 3 is 2.11 bits per heavy atom. The Morgan fingerprint density at radius 2 is 1.51 bits per heavy atom. The number of amides is 2. The molecule has 0 aliphatic carbocycles. The van der Waals surface area contributed by atoms with Crippen LogP contribution < -0.4 is 9.62 Å². The van der Waals surface area contributed by atoms with Gasteiger partial charge in [-0.25, -0.2) is 12.8 Å². The first-order valence-corrected chi connectivity index (χ1v) is 13.9. The van der Waals surface area contributed by atoms with Crippen molar-refractivity contribution in [3.63, 3.8) is 0 Å². The fourth-order valence-corrected chi connectivity index (χ4v) is 5.09. The first-order valence-electron chi connectivity index (χ1n) is 12.0. The summed E-state index contributed by atoms with van der Waals surface area (Å²) in [5.41, 5.74) is 1.66. The van der Waals surface area contributed by atoms with Gasteiger partial charge in [-0.1, -0.05) is 66.7 Å². The summed E-state index contributed by atoms with van der Waals surface area (Å²) in [5.74, 6) is -1.20. The average Bonchev–Trinajstić information content (AvgIpc) is 2.89. The minimum Gasteiger partial charge on any atom is -0.357 e. The molecule has 0 aliphatic rings. The maximum Gasteiger partial charge on any atom is 0.242 e. The Hall–Kier alpha value is -3.72. The number of halogens is 1. The van der Waals surface area contributed by atoms with Gasteiger partial charge in [0.2, 0.25) is 21.8 Å². The number of nitrogens with zero attached hydrogens (tertiary/aromatic N) is 2. The van der Waals surface area contributed by atoms with E-state index in [0.717, 1.165) is 11.8 Å². The Morgan fingerprint density at radius 1 is 0.919 bits per heavy atom. The highest BCUT2D eigenvalue weighted by Gasteiger charge is 2.30. The first-order chi connectivity index (χ1) is 17.7. The van der Waals surface area contributed by atoms with Crippen LogP contribution in [0.2, 0.25) is 0 Å². The molecule has 2 amide bonds. The molecule has 0 spiro atoms. The molecule has 3 aromatic rings. The second-order valence-electron chi connectivity index (χ2n) is 8.71. The summed E-state index contributed by atoms with van der Waals surface area (Å²) in [5, 5.41) is 2.62. The van der Waals surface area contributed by atoms with Crippen LogP contribution in [0.15, 0.2) is 84.9 Å². The number of para-hydroxylation sites is 1. The molecule has 3 aromatic carbocycles. The number of carbonyl (C=O) groups is 2. The lowest BCUT2D eigenvalue weighted by atomic mass is 10.0. The minimum absolute atomic E-state index is 0.0183. The van der Waals surface area contributed by atoms with Crippen LogP contribution in [0.25, 0.3) is 0 Å². The fraction of sp³-hybridized carbons (Fsp3) is 0.286. The van der Waals surface area contributed by atoms with Crippen molar-refractivity contribution in [3.8, 4) is 0 Å². The van der Waals surface area contributed by atoms with E-state index in [1.54, 1.807) is 48.5 Å². The van der Waals surface area contributed by atoms with Crippen LogP contribution >= 0.6 is 0 Å². The van der Waals surface area contributed by atoms with Crippen molar-refractivity contribution >= 4 is 27.5 Å². The number of anilines is 1. The summed E-state index contributed by atoms with van der Waals surface area (Å²) in [4.78, 5) is 27.9. The van der Waals surface area contributed by atoms with Gasteiger partial charge in [-0.15, -0.1) is 0 Å². The lowest BCUT2D eigenvalue weighted by molar-refractivity contribution is -0.141. The molecular formula is C28H32FN3O4S. The normalized spacial score (nSPS) is 12.0. The Labute approximate surface area is 218 Å². The zero-order valence-corrected chi connectivity index (χ0v) is 21.8. The summed E-state index contributed by atoms with van der Waals surface area (Å²) < 4.78 is 40.6. The predicted molar refractivity (Wildman–Crippen MR) is 143 cm³/mol. The summed E-state index contributed by atoms with van der Waals surface area (Å²) in [6, 6.07) is 23.2. The van der Waals surface area contributed by atoms with Crippen molar-refractivity contribution in [1.29, 1.82) is 0 Å². The molecule has 0 fully saturated rings. The number of likely N-dealkylation sites (N-methyl/N-ethyl adjacent to an activating group) is 1. The SMILES string of the molecule is CNC(=O)[C@H](Cc1ccccc1)N(Cc1ccccc1F)C(=O)CCCN(c1ccccc1)S(C)(=O)=O. The van der Waals surface area contributed by atoms with Crippen LogP contribution in [0.4, 0.5) is 10.1 Å². The van der Waals surface area contributed by atoms with Gasteiger partial charge in [0.05, 0.1) is 11.9 Å². The topological polar surface area (TPSA) is 86.8 Å². The molecule has 0 saturated carbocycles. The van der Waals surface area contributed by atoms with Crippen LogP contribution in [-0.4, -0.2) is 51.0 Å². The van der Waals surface area contributed by atoms with E-state index in [1.165, 1.54) is 22.3 Å². The number of benzene rings is 3. The van der Waals surface area contributed by atoms with Gasteiger partial charge in [0.25, 0.3) is 0 Å². The molecule has 0 saturated heterocycles. The zero-order chi connectivity index (χ0) is 26.8. The van der Waals surface area contributed by atoms with Crippen molar-refractivity contribution in [1.82, 2.24) is 10.2 Å². The number of rotatable bonds is 12. The van der Waals surface area contributed by atoms with E-state index in [1.807, 2.05) is 30.3 Å². The lowest BCUT2D eigenvalue weighted by Crippen LogP contribution is -2.50. The van der Waals surface area contributed by atoms with Gasteiger partial charge in [-0.2, -0.15) is 0 Å². The largest absolute Gasteiger partial charge is 0.357 e. The molecule has 1 N–H and O–H groups in total. The molecule has 37 heavy (non-hydrogen) atoms. The number of carbonyl (C=O) groups excluding carboxylic acids is 2. The van der Waals surface area contributed by atoms with E-state index in [0.29, 0.717) is 11.3 Å². The van der Waals surface area contributed by atoms with Crippen molar-refractivity contribution in [2.24, 2.45) is 0 Å². The highest BCUT2D eigenvalue weighted by atomic mass is 32.2. The third kappa shape index (κ3) is 7.88. The smallest absolute Gasteiger partial charge is 0.242 e.